The highest BCUT2D eigenvalue weighted by Gasteiger charge is 2.43. The molecule has 2 atom stereocenters. The highest BCUT2D eigenvalue weighted by Crippen LogP contribution is 2.36. The number of benzene rings is 2. The highest BCUT2D eigenvalue weighted by atomic mass is 35.5. The Morgan fingerprint density at radius 2 is 1.95 bits per heavy atom. The molecule has 0 radical (unpaired) electrons. The average Bonchev–Trinajstić information content (AvgIpc) is 3.47. The van der Waals surface area contributed by atoms with Crippen LogP contribution in [0.25, 0.3) is 17.0 Å². The number of thioether (sulfide) groups is 1. The molecule has 42 heavy (non-hydrogen) atoms. The molecule has 1 fully saturated rings. The van der Waals surface area contributed by atoms with Crippen molar-refractivity contribution in [1.82, 2.24) is 19.7 Å². The van der Waals surface area contributed by atoms with Crippen LogP contribution in [0, 0.1) is 0 Å². The molecule has 0 bridgehead atoms. The van der Waals surface area contributed by atoms with E-state index in [4.69, 9.17) is 16.3 Å². The Bertz CT molecular complexity index is 1660. The first-order valence-corrected chi connectivity index (χ1v) is 14.0. The maximum absolute atomic E-state index is 13.6. The van der Waals surface area contributed by atoms with Crippen molar-refractivity contribution in [3.05, 3.63) is 99.3 Å². The van der Waals surface area contributed by atoms with Gasteiger partial charge in [0.2, 0.25) is 0 Å². The molecule has 4 aromatic rings. The van der Waals surface area contributed by atoms with E-state index in [1.54, 1.807) is 55.6 Å². The van der Waals surface area contributed by atoms with Crippen LogP contribution in [0.5, 0.6) is 0 Å². The summed E-state index contributed by atoms with van der Waals surface area (Å²) in [6.45, 7) is 1.74. The van der Waals surface area contributed by atoms with Crippen molar-refractivity contribution in [2.75, 3.05) is 6.61 Å². The minimum absolute atomic E-state index is 0.0130. The van der Waals surface area contributed by atoms with E-state index in [-0.39, 0.29) is 35.1 Å². The molecule has 1 N–H and O–H groups in total. The van der Waals surface area contributed by atoms with Gasteiger partial charge in [-0.05, 0) is 72.3 Å². The molecule has 2 aromatic heterocycles. The Kier molecular flexibility index (Phi) is 8.69. The Morgan fingerprint density at radius 1 is 1.14 bits per heavy atom. The lowest BCUT2D eigenvalue weighted by Gasteiger charge is -2.29. The Balaban J connectivity index is 1.40. The summed E-state index contributed by atoms with van der Waals surface area (Å²) in [6.07, 6.45) is -1.24. The number of imide groups is 1. The predicted octanol–water partition coefficient (Wildman–Crippen LogP) is 6.15. The van der Waals surface area contributed by atoms with Gasteiger partial charge in [-0.3, -0.25) is 24.2 Å². The van der Waals surface area contributed by atoms with Crippen LogP contribution in [-0.4, -0.2) is 54.9 Å². The highest BCUT2D eigenvalue weighted by molar-refractivity contribution is 8.18. The van der Waals surface area contributed by atoms with Gasteiger partial charge in [-0.25, -0.2) is 0 Å². The second-order valence-corrected chi connectivity index (χ2v) is 10.8. The second kappa shape index (κ2) is 12.3. The smallest absolute Gasteiger partial charge is 0.366 e. The van der Waals surface area contributed by atoms with E-state index in [0.29, 0.717) is 22.2 Å². The summed E-state index contributed by atoms with van der Waals surface area (Å²) in [5.74, 6) is -0.581. The lowest BCUT2D eigenvalue weighted by atomic mass is 10.1. The third-order valence-corrected chi connectivity index (χ3v) is 7.75. The van der Waals surface area contributed by atoms with Crippen LogP contribution >= 0.6 is 23.4 Å². The lowest BCUT2D eigenvalue weighted by molar-refractivity contribution is -0.148. The standard InChI is InChI=1S/C29H24ClF3N4O4S/c1-2-41-27(39)24(14-21-5-3-4-10-34-21)37-26(38)25(42-28(37)40)12-17-6-9-23-19(11-17)15-35-36(23)16-18-7-8-20(30)13-22(18)29(31,32)33/h3-13,15,24,27,39H,2,14,16H2,1H3. The number of aromatic nitrogens is 3. The van der Waals surface area contributed by atoms with Crippen molar-refractivity contribution in [2.45, 2.75) is 38.4 Å². The number of ether oxygens (including phenoxy) is 1. The van der Waals surface area contributed by atoms with Gasteiger partial charge >= 0.3 is 6.18 Å². The number of aliphatic hydroxyl groups is 1. The van der Waals surface area contributed by atoms with Crippen molar-refractivity contribution in [3.8, 4) is 0 Å². The summed E-state index contributed by atoms with van der Waals surface area (Å²) in [5.41, 5.74) is 0.930. The number of fused-ring (bicyclic) bond motifs is 1. The fourth-order valence-corrected chi connectivity index (χ4v) is 5.74. The van der Waals surface area contributed by atoms with E-state index in [0.717, 1.165) is 22.7 Å². The molecule has 0 saturated carbocycles. The molecule has 0 aliphatic carbocycles. The summed E-state index contributed by atoms with van der Waals surface area (Å²) >= 11 is 6.54. The lowest BCUT2D eigenvalue weighted by Crippen LogP contribution is -2.48. The first-order valence-electron chi connectivity index (χ1n) is 12.8. The van der Waals surface area contributed by atoms with Crippen LogP contribution in [0.2, 0.25) is 5.02 Å². The number of carbonyl (C=O) groups is 2. The number of halogens is 4. The maximum atomic E-state index is 13.6. The molecule has 218 valence electrons. The van der Waals surface area contributed by atoms with Crippen molar-refractivity contribution in [2.24, 2.45) is 0 Å². The number of rotatable bonds is 9. The van der Waals surface area contributed by atoms with E-state index >= 15 is 0 Å². The van der Waals surface area contributed by atoms with Crippen LogP contribution < -0.4 is 0 Å². The van der Waals surface area contributed by atoms with Gasteiger partial charge < -0.3 is 9.84 Å². The SMILES string of the molecule is CCOC(O)C(Cc1ccccn1)N1C(=O)SC(=Cc2ccc3c(cnn3Cc3ccc(Cl)cc3C(F)(F)F)c2)C1=O. The molecular weight excluding hydrogens is 593 g/mol. The van der Waals surface area contributed by atoms with Crippen LogP contribution in [0.15, 0.2) is 71.9 Å². The molecule has 2 amide bonds. The van der Waals surface area contributed by atoms with Gasteiger partial charge in [-0.15, -0.1) is 0 Å². The van der Waals surface area contributed by atoms with Gasteiger partial charge in [0.05, 0.1) is 34.8 Å². The molecule has 2 unspecified atom stereocenters. The quantitative estimate of drug-likeness (QED) is 0.178. The van der Waals surface area contributed by atoms with Gasteiger partial charge in [0.15, 0.2) is 6.29 Å². The summed E-state index contributed by atoms with van der Waals surface area (Å²) in [7, 11) is 0. The summed E-state index contributed by atoms with van der Waals surface area (Å²) in [6, 6.07) is 12.9. The molecule has 1 aliphatic rings. The van der Waals surface area contributed by atoms with Crippen LogP contribution in [-0.2, 0) is 28.7 Å². The molecule has 1 saturated heterocycles. The van der Waals surface area contributed by atoms with Gasteiger partial charge in [0.1, 0.15) is 0 Å². The van der Waals surface area contributed by atoms with Crippen molar-refractivity contribution in [1.29, 1.82) is 0 Å². The predicted molar refractivity (Wildman–Crippen MR) is 152 cm³/mol. The summed E-state index contributed by atoms with van der Waals surface area (Å²) in [5, 5.41) is 15.0. The molecule has 0 spiro atoms. The number of amides is 2. The van der Waals surface area contributed by atoms with E-state index in [1.807, 2.05) is 0 Å². The zero-order valence-electron chi connectivity index (χ0n) is 22.1. The largest absolute Gasteiger partial charge is 0.416 e. The topological polar surface area (TPSA) is 97.6 Å². The molecule has 13 heteroatoms. The molecule has 2 aromatic carbocycles. The van der Waals surface area contributed by atoms with Crippen molar-refractivity contribution >= 4 is 51.5 Å². The molecule has 8 nitrogen and oxygen atoms in total. The first kappa shape index (κ1) is 29.8. The average molecular weight is 617 g/mol. The van der Waals surface area contributed by atoms with Gasteiger partial charge in [0.25, 0.3) is 11.1 Å². The van der Waals surface area contributed by atoms with Gasteiger partial charge in [-0.2, -0.15) is 18.3 Å². The summed E-state index contributed by atoms with van der Waals surface area (Å²) in [4.78, 5) is 31.7. The minimum Gasteiger partial charge on any atom is -0.366 e. The fraction of sp³-hybridized carbons (Fsp3) is 0.241. The number of carbonyl (C=O) groups excluding carboxylic acids is 2. The van der Waals surface area contributed by atoms with Gasteiger partial charge in [0, 0.05) is 35.3 Å². The van der Waals surface area contributed by atoms with Crippen molar-refractivity contribution in [3.63, 3.8) is 0 Å². The van der Waals surface area contributed by atoms with E-state index in [2.05, 4.69) is 10.1 Å². The zero-order chi connectivity index (χ0) is 30.0. The normalized spacial score (nSPS) is 16.5. The van der Waals surface area contributed by atoms with E-state index < -0.39 is 35.2 Å². The Hall–Kier alpha value is -3.71. The zero-order valence-corrected chi connectivity index (χ0v) is 23.7. The second-order valence-electron chi connectivity index (χ2n) is 9.41. The van der Waals surface area contributed by atoms with Crippen molar-refractivity contribution < 1.29 is 32.6 Å². The molecular formula is C29H24ClF3N4O4S. The molecule has 3 heterocycles. The number of pyridine rings is 1. The third kappa shape index (κ3) is 6.36. The third-order valence-electron chi connectivity index (χ3n) is 6.63. The molecule has 5 rings (SSSR count). The number of nitrogens with zero attached hydrogens (tertiary/aromatic N) is 4. The monoisotopic (exact) mass is 616 g/mol. The number of aliphatic hydroxyl groups excluding tert-OH is 1. The van der Waals surface area contributed by atoms with E-state index in [1.165, 1.54) is 23.0 Å². The number of hydrogen-bond acceptors (Lipinski definition) is 7. The maximum Gasteiger partial charge on any atom is 0.416 e. The first-order chi connectivity index (χ1) is 20.0. The number of hydrogen-bond donors (Lipinski definition) is 1. The van der Waals surface area contributed by atoms with Crippen LogP contribution in [0.1, 0.15) is 29.3 Å². The number of alkyl halides is 3. The van der Waals surface area contributed by atoms with E-state index in [9.17, 15) is 27.9 Å². The minimum atomic E-state index is -4.57. The Labute approximate surface area is 247 Å². The Morgan fingerprint density at radius 3 is 2.67 bits per heavy atom. The van der Waals surface area contributed by atoms with Crippen LogP contribution in [0.3, 0.4) is 0 Å². The summed E-state index contributed by atoms with van der Waals surface area (Å²) < 4.78 is 47.5. The fourth-order valence-electron chi connectivity index (χ4n) is 4.68. The molecule has 1 aliphatic heterocycles. The van der Waals surface area contributed by atoms with Gasteiger partial charge in [-0.1, -0.05) is 29.8 Å². The van der Waals surface area contributed by atoms with Crippen LogP contribution in [0.4, 0.5) is 18.0 Å².